The summed E-state index contributed by atoms with van der Waals surface area (Å²) in [6, 6.07) is 14.4. The predicted octanol–water partition coefficient (Wildman–Crippen LogP) is 3.24. The van der Waals surface area contributed by atoms with E-state index in [1.165, 1.54) is 11.4 Å². The fourth-order valence-corrected chi connectivity index (χ4v) is 4.15. The summed E-state index contributed by atoms with van der Waals surface area (Å²) in [6.45, 7) is 4.60. The highest BCUT2D eigenvalue weighted by atomic mass is 35.5. The Morgan fingerprint density at radius 1 is 1.13 bits per heavy atom. The number of rotatable bonds is 7. The van der Waals surface area contributed by atoms with Crippen LogP contribution in [0, 0.1) is 0 Å². The number of halogens is 1. The molecule has 2 aromatic rings. The molecule has 0 bridgehead atoms. The van der Waals surface area contributed by atoms with Crippen LogP contribution in [-0.2, 0) is 14.8 Å². The molecule has 1 aliphatic heterocycles. The van der Waals surface area contributed by atoms with Crippen molar-refractivity contribution >= 4 is 38.9 Å². The summed E-state index contributed by atoms with van der Waals surface area (Å²) in [6.07, 6.45) is 1.10. The van der Waals surface area contributed by atoms with E-state index in [9.17, 15) is 13.2 Å². The standard InChI is InChI=1S/C22H28ClN3O4S/c1-4-21(30-20-10-8-18(9-11-20)24(2)31(3,28)29)22(27)26-14-12-25(13-15-26)19-7-5-6-17(23)16-19/h5-11,16,21H,4,12-15H2,1-3H3/t21-/m0/s1. The molecule has 1 atom stereocenters. The van der Waals surface area contributed by atoms with Crippen LogP contribution >= 0.6 is 11.6 Å². The summed E-state index contributed by atoms with van der Waals surface area (Å²) in [4.78, 5) is 17.1. The minimum absolute atomic E-state index is 0.0365. The van der Waals surface area contributed by atoms with Gasteiger partial charge in [-0.3, -0.25) is 9.10 Å². The van der Waals surface area contributed by atoms with Crippen LogP contribution in [0.15, 0.2) is 48.5 Å². The Kier molecular flexibility index (Phi) is 7.33. The average Bonchev–Trinajstić information content (AvgIpc) is 2.76. The van der Waals surface area contributed by atoms with E-state index in [-0.39, 0.29) is 5.91 Å². The van der Waals surface area contributed by atoms with E-state index in [1.807, 2.05) is 36.1 Å². The Balaban J connectivity index is 1.59. The molecule has 9 heteroatoms. The number of nitrogens with zero attached hydrogens (tertiary/aromatic N) is 3. The summed E-state index contributed by atoms with van der Waals surface area (Å²) < 4.78 is 30.5. The van der Waals surface area contributed by atoms with Crippen molar-refractivity contribution in [2.45, 2.75) is 19.4 Å². The number of piperazine rings is 1. The molecule has 0 radical (unpaired) electrons. The van der Waals surface area contributed by atoms with Gasteiger partial charge in [-0.05, 0) is 48.9 Å². The van der Waals surface area contributed by atoms with Crippen LogP contribution in [0.1, 0.15) is 13.3 Å². The monoisotopic (exact) mass is 465 g/mol. The lowest BCUT2D eigenvalue weighted by molar-refractivity contribution is -0.139. The van der Waals surface area contributed by atoms with Gasteiger partial charge < -0.3 is 14.5 Å². The van der Waals surface area contributed by atoms with E-state index < -0.39 is 16.1 Å². The quantitative estimate of drug-likeness (QED) is 0.627. The van der Waals surface area contributed by atoms with Gasteiger partial charge in [0.15, 0.2) is 6.10 Å². The molecule has 1 heterocycles. The summed E-state index contributed by atoms with van der Waals surface area (Å²) in [5.41, 5.74) is 1.59. The highest BCUT2D eigenvalue weighted by Crippen LogP contribution is 2.23. The molecule has 1 aliphatic rings. The van der Waals surface area contributed by atoms with Gasteiger partial charge in [0.25, 0.3) is 5.91 Å². The van der Waals surface area contributed by atoms with Crippen LogP contribution in [0.3, 0.4) is 0 Å². The van der Waals surface area contributed by atoms with Crippen molar-refractivity contribution in [2.75, 3.05) is 48.7 Å². The number of benzene rings is 2. The van der Waals surface area contributed by atoms with Gasteiger partial charge in [0.1, 0.15) is 5.75 Å². The van der Waals surface area contributed by atoms with Crippen LogP contribution < -0.4 is 13.9 Å². The van der Waals surface area contributed by atoms with Crippen molar-refractivity contribution < 1.29 is 17.9 Å². The van der Waals surface area contributed by atoms with Gasteiger partial charge in [-0.15, -0.1) is 0 Å². The van der Waals surface area contributed by atoms with E-state index in [0.29, 0.717) is 36.0 Å². The molecule has 0 N–H and O–H groups in total. The van der Waals surface area contributed by atoms with Crippen molar-refractivity contribution in [3.63, 3.8) is 0 Å². The van der Waals surface area contributed by atoms with Crippen LogP contribution in [0.5, 0.6) is 5.75 Å². The highest BCUT2D eigenvalue weighted by Gasteiger charge is 2.28. The van der Waals surface area contributed by atoms with Gasteiger partial charge in [0.2, 0.25) is 10.0 Å². The van der Waals surface area contributed by atoms with Gasteiger partial charge in [-0.1, -0.05) is 24.6 Å². The molecule has 2 aromatic carbocycles. The second kappa shape index (κ2) is 9.78. The summed E-state index contributed by atoms with van der Waals surface area (Å²) in [5, 5.41) is 0.698. The Morgan fingerprint density at radius 2 is 1.77 bits per heavy atom. The summed E-state index contributed by atoms with van der Waals surface area (Å²) in [7, 11) is -1.84. The highest BCUT2D eigenvalue weighted by molar-refractivity contribution is 7.92. The number of hydrogen-bond acceptors (Lipinski definition) is 5. The number of carbonyl (C=O) groups excluding carboxylic acids is 1. The Labute approximate surface area is 189 Å². The fourth-order valence-electron chi connectivity index (χ4n) is 3.46. The molecule has 0 unspecified atom stereocenters. The number of anilines is 2. The maximum absolute atomic E-state index is 13.0. The molecule has 0 aliphatic carbocycles. The Hall–Kier alpha value is -2.45. The molecule has 1 saturated heterocycles. The summed E-state index contributed by atoms with van der Waals surface area (Å²) in [5.74, 6) is 0.494. The first-order chi connectivity index (χ1) is 14.7. The number of carbonyl (C=O) groups is 1. The maximum atomic E-state index is 13.0. The number of ether oxygens (including phenoxy) is 1. The fraction of sp³-hybridized carbons (Fsp3) is 0.409. The molecule has 3 rings (SSSR count). The van der Waals surface area contributed by atoms with E-state index in [2.05, 4.69) is 4.90 Å². The number of hydrogen-bond donors (Lipinski definition) is 0. The first kappa shape index (κ1) is 23.2. The van der Waals surface area contributed by atoms with Crippen LogP contribution in [0.25, 0.3) is 0 Å². The molecule has 0 saturated carbocycles. The third kappa shape index (κ3) is 5.83. The normalized spacial score (nSPS) is 15.5. The van der Waals surface area contributed by atoms with Crippen molar-refractivity contribution in [3.8, 4) is 5.75 Å². The minimum Gasteiger partial charge on any atom is -0.481 e. The zero-order valence-corrected chi connectivity index (χ0v) is 19.6. The third-order valence-corrected chi connectivity index (χ3v) is 6.83. The molecule has 7 nitrogen and oxygen atoms in total. The molecular formula is C22H28ClN3O4S. The van der Waals surface area contributed by atoms with Gasteiger partial charge in [0, 0.05) is 43.9 Å². The van der Waals surface area contributed by atoms with Crippen LogP contribution in [-0.4, -0.2) is 64.8 Å². The first-order valence-corrected chi connectivity index (χ1v) is 12.4. The zero-order chi connectivity index (χ0) is 22.6. The predicted molar refractivity (Wildman–Crippen MR) is 125 cm³/mol. The van der Waals surface area contributed by atoms with E-state index >= 15 is 0 Å². The van der Waals surface area contributed by atoms with Gasteiger partial charge in [-0.2, -0.15) is 0 Å². The topological polar surface area (TPSA) is 70.2 Å². The number of sulfonamides is 1. The first-order valence-electron chi connectivity index (χ1n) is 10.2. The lowest BCUT2D eigenvalue weighted by Gasteiger charge is -2.37. The largest absolute Gasteiger partial charge is 0.481 e. The van der Waals surface area contributed by atoms with Crippen molar-refractivity contribution in [1.29, 1.82) is 0 Å². The van der Waals surface area contributed by atoms with Crippen molar-refractivity contribution in [2.24, 2.45) is 0 Å². The Morgan fingerprint density at radius 3 is 2.32 bits per heavy atom. The SMILES string of the molecule is CC[C@H](Oc1ccc(N(C)S(C)(=O)=O)cc1)C(=O)N1CCN(c2cccc(Cl)c2)CC1. The van der Waals surface area contributed by atoms with Crippen LogP contribution in [0.4, 0.5) is 11.4 Å². The van der Waals surface area contributed by atoms with Crippen molar-refractivity contribution in [3.05, 3.63) is 53.6 Å². The third-order valence-electron chi connectivity index (χ3n) is 5.39. The maximum Gasteiger partial charge on any atom is 0.263 e. The second-order valence-corrected chi connectivity index (χ2v) is 9.98. The molecule has 0 aromatic heterocycles. The lowest BCUT2D eigenvalue weighted by atomic mass is 10.2. The molecule has 1 fully saturated rings. The second-order valence-electron chi connectivity index (χ2n) is 7.53. The van der Waals surface area contributed by atoms with Gasteiger partial charge in [-0.25, -0.2) is 8.42 Å². The Bertz CT molecular complexity index is 1010. The zero-order valence-electron chi connectivity index (χ0n) is 18.0. The molecular weight excluding hydrogens is 438 g/mol. The molecule has 0 spiro atoms. The smallest absolute Gasteiger partial charge is 0.263 e. The molecule has 168 valence electrons. The van der Waals surface area contributed by atoms with E-state index in [1.54, 1.807) is 24.3 Å². The van der Waals surface area contributed by atoms with Crippen LogP contribution in [0.2, 0.25) is 5.02 Å². The van der Waals surface area contributed by atoms with E-state index in [0.717, 1.165) is 25.0 Å². The van der Waals surface area contributed by atoms with Gasteiger partial charge in [0.05, 0.1) is 11.9 Å². The average molecular weight is 466 g/mol. The van der Waals surface area contributed by atoms with Crippen molar-refractivity contribution in [1.82, 2.24) is 4.90 Å². The molecule has 31 heavy (non-hydrogen) atoms. The van der Waals surface area contributed by atoms with Gasteiger partial charge >= 0.3 is 0 Å². The minimum atomic E-state index is -3.33. The van der Waals surface area contributed by atoms with E-state index in [4.69, 9.17) is 16.3 Å². The lowest BCUT2D eigenvalue weighted by Crippen LogP contribution is -2.52. The number of amides is 1. The molecule has 1 amide bonds. The summed E-state index contributed by atoms with van der Waals surface area (Å²) >= 11 is 6.09.